The van der Waals surface area contributed by atoms with E-state index in [1.165, 1.54) is 10.8 Å². The molecular formula is C15H21N3O4. The number of hydrogen-bond acceptors (Lipinski definition) is 5. The summed E-state index contributed by atoms with van der Waals surface area (Å²) in [5, 5.41) is 19.4. The lowest BCUT2D eigenvalue weighted by atomic mass is 10.1. The van der Waals surface area contributed by atoms with Gasteiger partial charge in [0, 0.05) is 19.1 Å². The molecule has 2 N–H and O–H groups in total. The zero-order valence-electron chi connectivity index (χ0n) is 12.8. The second-order valence-electron chi connectivity index (χ2n) is 5.67. The summed E-state index contributed by atoms with van der Waals surface area (Å²) in [6, 6.07) is 0.376. The SMILES string of the molecule is CC.O=C1c2c(O)c(=O)c(O)cn2C[C@@H]2N1CC1CCCN12. The molecule has 0 aromatic carbocycles. The van der Waals surface area contributed by atoms with Gasteiger partial charge in [-0.05, 0) is 12.8 Å². The van der Waals surface area contributed by atoms with Gasteiger partial charge in [0.05, 0.1) is 12.7 Å². The topological polar surface area (TPSA) is 86.0 Å². The van der Waals surface area contributed by atoms with Crippen LogP contribution in [0.3, 0.4) is 0 Å². The maximum absolute atomic E-state index is 12.5. The van der Waals surface area contributed by atoms with Crippen LogP contribution in [0.2, 0.25) is 0 Å². The minimum absolute atomic E-state index is 0.00905. The third kappa shape index (κ3) is 1.92. The van der Waals surface area contributed by atoms with E-state index in [0.717, 1.165) is 19.4 Å². The van der Waals surface area contributed by atoms with Gasteiger partial charge in [-0.25, -0.2) is 0 Å². The highest BCUT2D eigenvalue weighted by Crippen LogP contribution is 2.35. The molecule has 0 bridgehead atoms. The molecule has 1 amide bonds. The Bertz CT molecular complexity index is 669. The van der Waals surface area contributed by atoms with Gasteiger partial charge >= 0.3 is 0 Å². The largest absolute Gasteiger partial charge is 0.503 e. The molecule has 2 fully saturated rings. The van der Waals surface area contributed by atoms with E-state index in [9.17, 15) is 19.8 Å². The Kier molecular flexibility index (Phi) is 3.60. The highest BCUT2D eigenvalue weighted by atomic mass is 16.3. The predicted octanol–water partition coefficient (Wildman–Crippen LogP) is 0.546. The standard InChI is InChI=1S/C13H15N3O4.C2H6/c17-8-5-14-6-9-15-3-1-2-7(15)4-16(9)13(20)10(14)12(19)11(8)18;1-2/h5,7,9,17,19H,1-4,6H2;1-2H3/t7?,9-;/m0./s1. The van der Waals surface area contributed by atoms with E-state index >= 15 is 0 Å². The second-order valence-corrected chi connectivity index (χ2v) is 5.67. The fourth-order valence-corrected chi connectivity index (χ4v) is 3.71. The van der Waals surface area contributed by atoms with Crippen LogP contribution >= 0.6 is 0 Å². The van der Waals surface area contributed by atoms with E-state index in [1.807, 2.05) is 13.8 Å². The number of hydrogen-bond donors (Lipinski definition) is 2. The summed E-state index contributed by atoms with van der Waals surface area (Å²) in [5.41, 5.74) is -0.895. The summed E-state index contributed by atoms with van der Waals surface area (Å²) in [7, 11) is 0. The van der Waals surface area contributed by atoms with Crippen LogP contribution in [0.4, 0.5) is 0 Å². The Morgan fingerprint density at radius 3 is 2.64 bits per heavy atom. The molecule has 2 saturated heterocycles. The molecule has 4 rings (SSSR count). The fourth-order valence-electron chi connectivity index (χ4n) is 3.71. The number of rotatable bonds is 0. The van der Waals surface area contributed by atoms with E-state index in [4.69, 9.17) is 0 Å². The predicted molar refractivity (Wildman–Crippen MR) is 79.9 cm³/mol. The van der Waals surface area contributed by atoms with E-state index < -0.39 is 16.9 Å². The molecule has 0 saturated carbocycles. The Balaban J connectivity index is 0.000000693. The van der Waals surface area contributed by atoms with Gasteiger partial charge in [0.15, 0.2) is 17.2 Å². The van der Waals surface area contributed by atoms with E-state index in [2.05, 4.69) is 4.90 Å². The van der Waals surface area contributed by atoms with Gasteiger partial charge in [-0.1, -0.05) is 13.8 Å². The third-order valence-electron chi connectivity index (χ3n) is 4.63. The van der Waals surface area contributed by atoms with Crippen molar-refractivity contribution in [1.82, 2.24) is 14.4 Å². The molecule has 2 atom stereocenters. The van der Waals surface area contributed by atoms with Gasteiger partial charge in [0.25, 0.3) is 11.3 Å². The van der Waals surface area contributed by atoms with Crippen LogP contribution in [-0.2, 0) is 6.54 Å². The van der Waals surface area contributed by atoms with Gasteiger partial charge in [0.2, 0.25) is 0 Å². The number of carbonyl (C=O) groups excluding carboxylic acids is 1. The maximum atomic E-state index is 12.5. The first-order valence-electron chi connectivity index (χ1n) is 7.80. The van der Waals surface area contributed by atoms with E-state index in [0.29, 0.717) is 19.1 Å². The second kappa shape index (κ2) is 5.31. The molecule has 1 unspecified atom stereocenters. The first kappa shape index (κ1) is 14.9. The van der Waals surface area contributed by atoms with Crippen molar-refractivity contribution in [3.63, 3.8) is 0 Å². The number of fused-ring (bicyclic) bond motifs is 4. The molecule has 4 heterocycles. The number of amides is 1. The zero-order valence-corrected chi connectivity index (χ0v) is 12.8. The molecule has 120 valence electrons. The number of carbonyl (C=O) groups is 1. The molecule has 3 aliphatic rings. The van der Waals surface area contributed by atoms with Crippen LogP contribution in [0.15, 0.2) is 11.0 Å². The molecule has 0 radical (unpaired) electrons. The molecule has 1 aromatic heterocycles. The van der Waals surface area contributed by atoms with E-state index in [1.54, 1.807) is 4.90 Å². The lowest BCUT2D eigenvalue weighted by molar-refractivity contribution is 0.0514. The first-order chi connectivity index (χ1) is 10.6. The smallest absolute Gasteiger partial charge is 0.275 e. The van der Waals surface area contributed by atoms with E-state index in [-0.39, 0.29) is 17.8 Å². The Labute approximate surface area is 128 Å². The van der Waals surface area contributed by atoms with Crippen LogP contribution in [0.25, 0.3) is 0 Å². The summed E-state index contributed by atoms with van der Waals surface area (Å²) >= 11 is 0. The maximum Gasteiger partial charge on any atom is 0.275 e. The van der Waals surface area contributed by atoms with Gasteiger partial charge in [0.1, 0.15) is 6.17 Å². The van der Waals surface area contributed by atoms with Crippen LogP contribution in [0.1, 0.15) is 37.2 Å². The Morgan fingerprint density at radius 1 is 1.18 bits per heavy atom. The van der Waals surface area contributed by atoms with Crippen molar-refractivity contribution in [2.45, 2.75) is 45.4 Å². The molecule has 22 heavy (non-hydrogen) atoms. The van der Waals surface area contributed by atoms with Gasteiger partial charge in [-0.15, -0.1) is 0 Å². The summed E-state index contributed by atoms with van der Waals surface area (Å²) in [4.78, 5) is 28.1. The van der Waals surface area contributed by atoms with Gasteiger partial charge in [-0.3, -0.25) is 14.5 Å². The van der Waals surface area contributed by atoms with Crippen molar-refractivity contribution in [2.75, 3.05) is 13.1 Å². The average Bonchev–Trinajstić information content (AvgIpc) is 3.09. The van der Waals surface area contributed by atoms with Gasteiger partial charge in [-0.2, -0.15) is 0 Å². The fraction of sp³-hybridized carbons (Fsp3) is 0.600. The normalized spacial score (nSPS) is 26.1. The highest BCUT2D eigenvalue weighted by molar-refractivity contribution is 5.96. The monoisotopic (exact) mass is 307 g/mol. The molecule has 3 aliphatic heterocycles. The van der Waals surface area contributed by atoms with Crippen molar-refractivity contribution in [3.05, 3.63) is 22.1 Å². The summed E-state index contributed by atoms with van der Waals surface area (Å²) in [6.07, 6.45) is 3.42. The Hall–Kier alpha value is -2.02. The highest BCUT2D eigenvalue weighted by Gasteiger charge is 2.47. The van der Waals surface area contributed by atoms with Gasteiger partial charge < -0.3 is 19.7 Å². The molecule has 7 heteroatoms. The lowest BCUT2D eigenvalue weighted by Gasteiger charge is -2.35. The van der Waals surface area contributed by atoms with Crippen LogP contribution in [0.5, 0.6) is 11.5 Å². The van der Waals surface area contributed by atoms with Crippen molar-refractivity contribution in [3.8, 4) is 11.5 Å². The number of nitrogens with zero attached hydrogens (tertiary/aromatic N) is 3. The average molecular weight is 307 g/mol. The molecular weight excluding hydrogens is 286 g/mol. The quantitative estimate of drug-likeness (QED) is 0.731. The van der Waals surface area contributed by atoms with Crippen molar-refractivity contribution in [2.24, 2.45) is 0 Å². The minimum Gasteiger partial charge on any atom is -0.503 e. The van der Waals surface area contributed by atoms with Crippen molar-refractivity contribution in [1.29, 1.82) is 0 Å². The summed E-state index contributed by atoms with van der Waals surface area (Å²) in [6.45, 7) is 6.09. The third-order valence-corrected chi connectivity index (χ3v) is 4.63. The summed E-state index contributed by atoms with van der Waals surface area (Å²) < 4.78 is 1.50. The Morgan fingerprint density at radius 2 is 1.91 bits per heavy atom. The van der Waals surface area contributed by atoms with Crippen LogP contribution in [-0.4, -0.2) is 55.8 Å². The zero-order chi connectivity index (χ0) is 16.0. The number of aromatic hydroxyl groups is 2. The number of aromatic nitrogens is 1. The molecule has 1 aromatic rings. The minimum atomic E-state index is -0.886. The molecule has 0 spiro atoms. The molecule has 0 aliphatic carbocycles. The number of pyridine rings is 1. The lowest BCUT2D eigenvalue weighted by Crippen LogP contribution is -2.50. The van der Waals surface area contributed by atoms with Crippen LogP contribution < -0.4 is 5.43 Å². The first-order valence-corrected chi connectivity index (χ1v) is 7.80. The van der Waals surface area contributed by atoms with Crippen LogP contribution in [0, 0.1) is 0 Å². The summed E-state index contributed by atoms with van der Waals surface area (Å²) in [5.74, 6) is -1.51. The van der Waals surface area contributed by atoms with Crippen molar-refractivity contribution >= 4 is 5.91 Å². The molecule has 7 nitrogen and oxygen atoms in total. The van der Waals surface area contributed by atoms with Crippen molar-refractivity contribution < 1.29 is 15.0 Å².